The van der Waals surface area contributed by atoms with Gasteiger partial charge in [0, 0.05) is 19.3 Å². The Balaban J connectivity index is 1.55. The van der Waals surface area contributed by atoms with Gasteiger partial charge in [0.05, 0.1) is 16.8 Å². The fourth-order valence-corrected chi connectivity index (χ4v) is 3.56. The number of rotatable bonds is 8. The molecule has 0 radical (unpaired) electrons. The summed E-state index contributed by atoms with van der Waals surface area (Å²) in [6, 6.07) is 17.0. The van der Waals surface area contributed by atoms with Crippen LogP contribution in [-0.2, 0) is 22.8 Å². The molecule has 0 unspecified atom stereocenters. The summed E-state index contributed by atoms with van der Waals surface area (Å²) < 4.78 is 23.1. The van der Waals surface area contributed by atoms with E-state index in [1.54, 1.807) is 12.1 Å². The van der Waals surface area contributed by atoms with E-state index >= 15 is 0 Å². The maximum absolute atomic E-state index is 11.5. The fourth-order valence-electron chi connectivity index (χ4n) is 2.93. The minimum Gasteiger partial charge on any atom is -0.357 e. The molecule has 0 atom stereocenters. The van der Waals surface area contributed by atoms with E-state index in [0.717, 1.165) is 35.6 Å². The van der Waals surface area contributed by atoms with Gasteiger partial charge in [-0.15, -0.1) is 0 Å². The zero-order chi connectivity index (χ0) is 21.4. The first-order valence-electron chi connectivity index (χ1n) is 9.86. The number of benzene rings is 2. The van der Waals surface area contributed by atoms with Crippen LogP contribution in [0.3, 0.4) is 0 Å². The van der Waals surface area contributed by atoms with Crippen molar-refractivity contribution in [1.82, 2.24) is 20.6 Å². The number of aliphatic imine (C=N–C) groups is 1. The molecule has 0 amide bonds. The Morgan fingerprint density at radius 3 is 2.47 bits per heavy atom. The van der Waals surface area contributed by atoms with Gasteiger partial charge in [-0.3, -0.25) is 0 Å². The summed E-state index contributed by atoms with van der Waals surface area (Å²) in [6.07, 6.45) is 3.79. The molecule has 0 saturated heterocycles. The van der Waals surface area contributed by atoms with Gasteiger partial charge < -0.3 is 15.6 Å². The van der Waals surface area contributed by atoms with Crippen LogP contribution < -0.4 is 10.6 Å². The summed E-state index contributed by atoms with van der Waals surface area (Å²) in [7, 11) is -3.16. The Hall–Kier alpha value is -3.13. The molecule has 8 heteroatoms. The van der Waals surface area contributed by atoms with Crippen LogP contribution in [0.25, 0.3) is 11.3 Å². The van der Waals surface area contributed by atoms with Gasteiger partial charge in [0.25, 0.3) is 0 Å². The largest absolute Gasteiger partial charge is 0.357 e. The van der Waals surface area contributed by atoms with Crippen LogP contribution in [0.15, 0.2) is 70.7 Å². The van der Waals surface area contributed by atoms with E-state index in [2.05, 4.69) is 25.6 Å². The van der Waals surface area contributed by atoms with E-state index in [-0.39, 0.29) is 0 Å². The second-order valence-corrected chi connectivity index (χ2v) is 8.91. The van der Waals surface area contributed by atoms with Gasteiger partial charge >= 0.3 is 0 Å². The van der Waals surface area contributed by atoms with Gasteiger partial charge in [0.2, 0.25) is 0 Å². The Labute approximate surface area is 177 Å². The van der Waals surface area contributed by atoms with Crippen LogP contribution in [-0.4, -0.2) is 43.7 Å². The van der Waals surface area contributed by atoms with Crippen LogP contribution in [0, 0.1) is 0 Å². The average molecular weight is 426 g/mol. The highest BCUT2D eigenvalue weighted by atomic mass is 32.2. The molecule has 0 saturated carbocycles. The summed E-state index contributed by atoms with van der Waals surface area (Å²) in [5.41, 5.74) is 3.12. The first kappa shape index (κ1) is 21.6. The smallest absolute Gasteiger partial charge is 0.191 e. The lowest BCUT2D eigenvalue weighted by Gasteiger charge is -2.11. The normalized spacial score (nSPS) is 12.0. The molecule has 0 aliphatic heterocycles. The lowest BCUT2D eigenvalue weighted by atomic mass is 10.1. The standard InChI is InChI=1S/C22H27N5O2S/c1-3-23-22(24-14-13-17-9-11-19(12-10-17)30(2,28)29)26-16-21-25-15-20(27-21)18-7-5-4-6-8-18/h4-12,15H,3,13-14,16H2,1-2H3,(H,25,27)(H2,23,24,26). The number of aromatic amines is 1. The molecule has 2 aromatic carbocycles. The van der Waals surface area contributed by atoms with Crippen molar-refractivity contribution in [3.05, 3.63) is 72.2 Å². The molecule has 0 aliphatic rings. The van der Waals surface area contributed by atoms with Crippen LogP contribution in [0.5, 0.6) is 0 Å². The Morgan fingerprint density at radius 2 is 1.80 bits per heavy atom. The predicted molar refractivity (Wildman–Crippen MR) is 120 cm³/mol. The maximum Gasteiger partial charge on any atom is 0.191 e. The van der Waals surface area contributed by atoms with Gasteiger partial charge in [-0.2, -0.15) is 0 Å². The Morgan fingerprint density at radius 1 is 1.07 bits per heavy atom. The topological polar surface area (TPSA) is 99.2 Å². The van der Waals surface area contributed by atoms with Crippen molar-refractivity contribution in [2.45, 2.75) is 24.8 Å². The number of nitrogens with zero attached hydrogens (tertiary/aromatic N) is 2. The molecule has 3 N–H and O–H groups in total. The summed E-state index contributed by atoms with van der Waals surface area (Å²) in [4.78, 5) is 12.6. The van der Waals surface area contributed by atoms with E-state index in [1.165, 1.54) is 6.26 Å². The van der Waals surface area contributed by atoms with Crippen LogP contribution in [0.1, 0.15) is 18.3 Å². The molecule has 1 aromatic heterocycles. The Kier molecular flexibility index (Phi) is 7.24. The molecule has 7 nitrogen and oxygen atoms in total. The lowest BCUT2D eigenvalue weighted by Crippen LogP contribution is -2.38. The molecular weight excluding hydrogens is 398 g/mol. The molecule has 1 heterocycles. The van der Waals surface area contributed by atoms with Crippen molar-refractivity contribution in [1.29, 1.82) is 0 Å². The number of hydrogen-bond acceptors (Lipinski definition) is 4. The molecule has 0 bridgehead atoms. The van der Waals surface area contributed by atoms with Gasteiger partial charge in [-0.25, -0.2) is 18.4 Å². The van der Waals surface area contributed by atoms with E-state index in [9.17, 15) is 8.42 Å². The molecule has 30 heavy (non-hydrogen) atoms. The zero-order valence-corrected chi connectivity index (χ0v) is 18.0. The first-order chi connectivity index (χ1) is 14.5. The molecular formula is C22H27N5O2S. The molecule has 3 rings (SSSR count). The summed E-state index contributed by atoms with van der Waals surface area (Å²) in [6.45, 7) is 3.88. The van der Waals surface area contributed by atoms with Crippen LogP contribution in [0.2, 0.25) is 0 Å². The zero-order valence-electron chi connectivity index (χ0n) is 17.2. The number of hydrogen-bond donors (Lipinski definition) is 3. The van der Waals surface area contributed by atoms with E-state index in [1.807, 2.05) is 55.6 Å². The van der Waals surface area contributed by atoms with Crippen LogP contribution >= 0.6 is 0 Å². The first-order valence-corrected chi connectivity index (χ1v) is 11.8. The van der Waals surface area contributed by atoms with E-state index in [0.29, 0.717) is 23.9 Å². The second kappa shape index (κ2) is 10.1. The molecule has 158 valence electrons. The van der Waals surface area contributed by atoms with Crippen molar-refractivity contribution in [2.24, 2.45) is 4.99 Å². The van der Waals surface area contributed by atoms with Crippen molar-refractivity contribution < 1.29 is 8.42 Å². The van der Waals surface area contributed by atoms with E-state index < -0.39 is 9.84 Å². The van der Waals surface area contributed by atoms with Crippen molar-refractivity contribution in [2.75, 3.05) is 19.3 Å². The fraction of sp³-hybridized carbons (Fsp3) is 0.273. The highest BCUT2D eigenvalue weighted by Crippen LogP contribution is 2.16. The van der Waals surface area contributed by atoms with Gasteiger partial charge in [-0.05, 0) is 36.6 Å². The molecule has 0 spiro atoms. The third-order valence-corrected chi connectivity index (χ3v) is 5.63. The molecule has 0 aliphatic carbocycles. The summed E-state index contributed by atoms with van der Waals surface area (Å²) in [5, 5.41) is 6.53. The monoisotopic (exact) mass is 425 g/mol. The number of sulfone groups is 1. The summed E-state index contributed by atoms with van der Waals surface area (Å²) in [5.74, 6) is 1.50. The SMILES string of the molecule is CCNC(=NCc1ncc(-c2ccccc2)[nH]1)NCCc1ccc(S(C)(=O)=O)cc1. The number of imidazole rings is 1. The van der Waals surface area contributed by atoms with E-state index in [4.69, 9.17) is 0 Å². The lowest BCUT2D eigenvalue weighted by molar-refractivity contribution is 0.602. The number of nitrogens with one attached hydrogen (secondary N) is 3. The second-order valence-electron chi connectivity index (χ2n) is 6.90. The van der Waals surface area contributed by atoms with Gasteiger partial charge in [0.1, 0.15) is 12.4 Å². The van der Waals surface area contributed by atoms with Crippen molar-refractivity contribution in [3.8, 4) is 11.3 Å². The van der Waals surface area contributed by atoms with Crippen molar-refractivity contribution >= 4 is 15.8 Å². The quantitative estimate of drug-likeness (QED) is 0.381. The number of H-pyrrole nitrogens is 1. The van der Waals surface area contributed by atoms with Crippen molar-refractivity contribution in [3.63, 3.8) is 0 Å². The summed E-state index contributed by atoms with van der Waals surface area (Å²) >= 11 is 0. The number of guanidine groups is 1. The average Bonchev–Trinajstić information content (AvgIpc) is 3.21. The van der Waals surface area contributed by atoms with Gasteiger partial charge in [-0.1, -0.05) is 42.5 Å². The third kappa shape index (κ3) is 6.18. The Bertz CT molecular complexity index is 1070. The number of aromatic nitrogens is 2. The molecule has 0 fully saturated rings. The third-order valence-electron chi connectivity index (χ3n) is 4.50. The molecule has 3 aromatic rings. The predicted octanol–water partition coefficient (Wildman–Crippen LogP) is 2.78. The minimum absolute atomic E-state index is 0.336. The maximum atomic E-state index is 11.5. The highest BCUT2D eigenvalue weighted by molar-refractivity contribution is 7.90. The van der Waals surface area contributed by atoms with Crippen LogP contribution in [0.4, 0.5) is 0 Å². The minimum atomic E-state index is -3.16. The highest BCUT2D eigenvalue weighted by Gasteiger charge is 2.06. The van der Waals surface area contributed by atoms with Gasteiger partial charge in [0.15, 0.2) is 15.8 Å².